The van der Waals surface area contributed by atoms with Crippen LogP contribution in [0.25, 0.3) is 22.3 Å². The van der Waals surface area contributed by atoms with Crippen molar-refractivity contribution in [3.8, 4) is 22.3 Å². The Morgan fingerprint density at radius 2 is 0.609 bits per heavy atom. The molecule has 7 aromatic carbocycles. The number of nitrogens with zero attached hydrogens (tertiary/aromatic N) is 2. The first-order valence-corrected chi connectivity index (χ1v) is 15.9. The molecule has 0 amide bonds. The van der Waals surface area contributed by atoms with Gasteiger partial charge in [-0.2, -0.15) is 0 Å². The summed E-state index contributed by atoms with van der Waals surface area (Å²) in [6, 6.07) is 62.6. The Bertz CT molecular complexity index is 2020. The molecule has 0 atom stereocenters. The largest absolute Gasteiger partial charge is 0.311 e. The van der Waals surface area contributed by atoms with Crippen molar-refractivity contribution in [3.05, 3.63) is 192 Å². The molecule has 0 spiro atoms. The summed E-state index contributed by atoms with van der Waals surface area (Å²) in [6.45, 7) is 0. The highest BCUT2D eigenvalue weighted by Gasteiger charge is 2.15. The molecule has 7 rings (SSSR count). The predicted octanol–water partition coefficient (Wildman–Crippen LogP) is 13.3. The average molecular weight is 634 g/mol. The Morgan fingerprint density at radius 3 is 1.07 bits per heavy atom. The molecule has 0 saturated heterocycles. The van der Waals surface area contributed by atoms with Gasteiger partial charge in [-0.3, -0.25) is 0 Å². The van der Waals surface area contributed by atoms with Crippen molar-refractivity contribution in [2.75, 3.05) is 9.80 Å². The Labute approximate surface area is 280 Å². The summed E-state index contributed by atoms with van der Waals surface area (Å²) in [5, 5.41) is 1.43. The van der Waals surface area contributed by atoms with Crippen LogP contribution < -0.4 is 9.80 Å². The zero-order valence-electron chi connectivity index (χ0n) is 25.0. The van der Waals surface area contributed by atoms with Crippen LogP contribution >= 0.6 is 23.2 Å². The van der Waals surface area contributed by atoms with Crippen LogP contribution in [0.4, 0.5) is 34.1 Å². The molecule has 0 N–H and O–H groups in total. The number of hydrogen-bond donors (Lipinski definition) is 0. The van der Waals surface area contributed by atoms with Crippen LogP contribution in [0.5, 0.6) is 0 Å². The van der Waals surface area contributed by atoms with E-state index >= 15 is 0 Å². The van der Waals surface area contributed by atoms with E-state index in [4.69, 9.17) is 23.2 Å². The molecule has 0 aliphatic heterocycles. The van der Waals surface area contributed by atoms with Gasteiger partial charge in [0.2, 0.25) is 0 Å². The first-order valence-electron chi connectivity index (χ1n) is 15.2. The summed E-state index contributed by atoms with van der Waals surface area (Å²) in [4.78, 5) is 4.42. The van der Waals surface area contributed by atoms with E-state index < -0.39 is 0 Å². The lowest BCUT2D eigenvalue weighted by molar-refractivity contribution is 1.28. The van der Waals surface area contributed by atoms with E-state index in [-0.39, 0.29) is 0 Å². The summed E-state index contributed by atoms with van der Waals surface area (Å²) >= 11 is 12.8. The van der Waals surface area contributed by atoms with E-state index in [9.17, 15) is 0 Å². The fourth-order valence-electron chi connectivity index (χ4n) is 5.71. The SMILES string of the molecule is Clc1ccc(N(c2ccccc2)c2ccc(-c3ccc(-c4ccc(N(c5ccccc5)c5ccccc5Cl)cc4)cc3)cc2)cc1. The van der Waals surface area contributed by atoms with Crippen LogP contribution in [0.15, 0.2) is 182 Å². The summed E-state index contributed by atoms with van der Waals surface area (Å²) in [5.74, 6) is 0. The van der Waals surface area contributed by atoms with E-state index in [1.165, 1.54) is 5.56 Å². The smallest absolute Gasteiger partial charge is 0.0647 e. The molecular weight excluding hydrogens is 603 g/mol. The molecule has 222 valence electrons. The standard InChI is InChI=1S/C42H30Cl2N2/c43-35-23-29-39(30-24-35)45(36-9-3-1-4-10-36)38-25-19-33(20-26-38)31-15-17-32(18-16-31)34-21-27-40(28-22-34)46(37-11-5-2-6-12-37)42-14-8-7-13-41(42)44/h1-30H. The maximum Gasteiger partial charge on any atom is 0.0647 e. The van der Waals surface area contributed by atoms with Crippen molar-refractivity contribution in [1.29, 1.82) is 0 Å². The van der Waals surface area contributed by atoms with Crippen LogP contribution in [0.2, 0.25) is 10.0 Å². The van der Waals surface area contributed by atoms with Crippen molar-refractivity contribution in [2.45, 2.75) is 0 Å². The van der Waals surface area contributed by atoms with Crippen LogP contribution in [0.3, 0.4) is 0 Å². The minimum atomic E-state index is 0.705. The van der Waals surface area contributed by atoms with Gasteiger partial charge < -0.3 is 9.80 Å². The fourth-order valence-corrected chi connectivity index (χ4v) is 6.06. The minimum Gasteiger partial charge on any atom is -0.311 e. The maximum absolute atomic E-state index is 6.65. The highest BCUT2D eigenvalue weighted by Crippen LogP contribution is 2.40. The Morgan fingerprint density at radius 1 is 0.283 bits per heavy atom. The second-order valence-electron chi connectivity index (χ2n) is 10.9. The molecule has 0 bridgehead atoms. The van der Waals surface area contributed by atoms with Gasteiger partial charge in [-0.1, -0.05) is 120 Å². The Kier molecular flexibility index (Phi) is 8.56. The minimum absolute atomic E-state index is 0.705. The van der Waals surface area contributed by atoms with Crippen molar-refractivity contribution in [3.63, 3.8) is 0 Å². The van der Waals surface area contributed by atoms with E-state index in [2.05, 4.69) is 119 Å². The van der Waals surface area contributed by atoms with Crippen molar-refractivity contribution >= 4 is 57.3 Å². The molecule has 46 heavy (non-hydrogen) atoms. The summed E-state index contributed by atoms with van der Waals surface area (Å²) < 4.78 is 0. The highest BCUT2D eigenvalue weighted by molar-refractivity contribution is 6.33. The van der Waals surface area contributed by atoms with Gasteiger partial charge in [0, 0.05) is 33.5 Å². The first kappa shape index (κ1) is 29.4. The van der Waals surface area contributed by atoms with Crippen molar-refractivity contribution in [2.24, 2.45) is 0 Å². The lowest BCUT2D eigenvalue weighted by atomic mass is 9.99. The number of para-hydroxylation sites is 3. The zero-order valence-corrected chi connectivity index (χ0v) is 26.5. The molecule has 2 nitrogen and oxygen atoms in total. The van der Waals surface area contributed by atoms with Gasteiger partial charge in [-0.25, -0.2) is 0 Å². The fraction of sp³-hybridized carbons (Fsp3) is 0. The Balaban J connectivity index is 1.13. The normalized spacial score (nSPS) is 10.8. The molecule has 0 aliphatic rings. The van der Waals surface area contributed by atoms with E-state index in [1.807, 2.05) is 72.8 Å². The molecule has 0 unspecified atom stereocenters. The highest BCUT2D eigenvalue weighted by atomic mass is 35.5. The van der Waals surface area contributed by atoms with E-state index in [1.54, 1.807) is 0 Å². The van der Waals surface area contributed by atoms with Gasteiger partial charge in [-0.15, -0.1) is 0 Å². The molecular formula is C42H30Cl2N2. The second-order valence-corrected chi connectivity index (χ2v) is 11.8. The van der Waals surface area contributed by atoms with Gasteiger partial charge >= 0.3 is 0 Å². The average Bonchev–Trinajstić information content (AvgIpc) is 3.12. The number of anilines is 6. The van der Waals surface area contributed by atoms with Gasteiger partial charge in [-0.05, 0) is 107 Å². The van der Waals surface area contributed by atoms with Crippen molar-refractivity contribution in [1.82, 2.24) is 0 Å². The van der Waals surface area contributed by atoms with E-state index in [0.717, 1.165) is 55.8 Å². The maximum atomic E-state index is 6.65. The van der Waals surface area contributed by atoms with Crippen molar-refractivity contribution < 1.29 is 0 Å². The monoisotopic (exact) mass is 632 g/mol. The van der Waals surface area contributed by atoms with Crippen LogP contribution in [0.1, 0.15) is 0 Å². The molecule has 0 aromatic heterocycles. The number of benzene rings is 7. The third kappa shape index (κ3) is 6.27. The molecule has 0 heterocycles. The number of halogens is 2. The third-order valence-electron chi connectivity index (χ3n) is 8.01. The number of rotatable bonds is 8. The number of hydrogen-bond acceptors (Lipinski definition) is 2. The topological polar surface area (TPSA) is 6.48 Å². The second kappa shape index (κ2) is 13.4. The van der Waals surface area contributed by atoms with Crippen LogP contribution in [0, 0.1) is 0 Å². The predicted molar refractivity (Wildman–Crippen MR) is 197 cm³/mol. The molecule has 0 saturated carbocycles. The van der Waals surface area contributed by atoms with E-state index in [0.29, 0.717) is 5.02 Å². The molecule has 0 aliphatic carbocycles. The van der Waals surface area contributed by atoms with Crippen LogP contribution in [-0.4, -0.2) is 0 Å². The first-order chi connectivity index (χ1) is 22.6. The van der Waals surface area contributed by atoms with Gasteiger partial charge in [0.15, 0.2) is 0 Å². The molecule has 7 aromatic rings. The third-order valence-corrected chi connectivity index (χ3v) is 8.58. The molecule has 0 fully saturated rings. The summed E-state index contributed by atoms with van der Waals surface area (Å²) in [6.07, 6.45) is 0. The summed E-state index contributed by atoms with van der Waals surface area (Å²) in [7, 11) is 0. The van der Waals surface area contributed by atoms with Crippen LogP contribution in [-0.2, 0) is 0 Å². The van der Waals surface area contributed by atoms with Gasteiger partial charge in [0.05, 0.1) is 10.7 Å². The zero-order chi connectivity index (χ0) is 31.3. The summed E-state index contributed by atoms with van der Waals surface area (Å²) in [5.41, 5.74) is 10.9. The lowest BCUT2D eigenvalue weighted by Crippen LogP contribution is -2.10. The molecule has 0 radical (unpaired) electrons. The quantitative estimate of drug-likeness (QED) is 0.164. The molecule has 4 heteroatoms. The Hall–Kier alpha value is -5.28. The van der Waals surface area contributed by atoms with Gasteiger partial charge in [0.25, 0.3) is 0 Å². The lowest BCUT2D eigenvalue weighted by Gasteiger charge is -2.26. The van der Waals surface area contributed by atoms with Gasteiger partial charge in [0.1, 0.15) is 0 Å².